The van der Waals surface area contributed by atoms with Crippen molar-refractivity contribution in [1.82, 2.24) is 9.80 Å². The van der Waals surface area contributed by atoms with Crippen LogP contribution in [0.3, 0.4) is 0 Å². The molecule has 0 saturated carbocycles. The van der Waals surface area contributed by atoms with Crippen molar-refractivity contribution in [3.63, 3.8) is 0 Å². The minimum atomic E-state index is -4.57. The van der Waals surface area contributed by atoms with Crippen LogP contribution in [0.15, 0.2) is 54.6 Å². The highest BCUT2D eigenvalue weighted by atomic mass is 19.4. The van der Waals surface area contributed by atoms with Gasteiger partial charge in [-0.25, -0.2) is 4.39 Å². The number of hydrogen-bond acceptors (Lipinski definition) is 3. The topological polar surface area (TPSA) is 52.7 Å². The van der Waals surface area contributed by atoms with Gasteiger partial charge in [-0.1, -0.05) is 42.5 Å². The van der Waals surface area contributed by atoms with Crippen LogP contribution in [-0.4, -0.2) is 54.3 Å². The van der Waals surface area contributed by atoms with E-state index in [4.69, 9.17) is 0 Å². The monoisotopic (exact) mass is 437 g/mol. The average molecular weight is 437 g/mol. The fraction of sp³-hybridized carbons (Fsp3) is 0.364. The van der Waals surface area contributed by atoms with Crippen LogP contribution in [0.4, 0.5) is 23.2 Å². The van der Waals surface area contributed by atoms with Crippen molar-refractivity contribution in [1.29, 1.82) is 0 Å². The predicted molar refractivity (Wildman–Crippen MR) is 108 cm³/mol. The third kappa shape index (κ3) is 6.04. The number of benzene rings is 2. The van der Waals surface area contributed by atoms with Crippen molar-refractivity contribution in [3.05, 3.63) is 65.7 Å². The number of nitrogens with zero attached hydrogens (tertiary/aromatic N) is 2. The van der Waals surface area contributed by atoms with Gasteiger partial charge in [-0.2, -0.15) is 13.2 Å². The standard InChI is InChI=1S/C22H23F4N3O2/c23-20(16-7-2-1-3-8-16)21(31)29-12-6-11-28(13-14-29)15-19(30)27-18-10-5-4-9-17(18)22(24,25)26/h1-5,7-10,20H,6,11-15H2,(H,27,30). The Morgan fingerprint density at radius 1 is 0.935 bits per heavy atom. The SMILES string of the molecule is O=C(CN1CCCN(C(=O)C(F)c2ccccc2)CC1)Nc1ccccc1C(F)(F)F. The molecule has 1 heterocycles. The molecule has 0 aliphatic carbocycles. The molecule has 9 heteroatoms. The first kappa shape index (κ1) is 22.7. The van der Waals surface area contributed by atoms with Gasteiger partial charge >= 0.3 is 6.18 Å². The zero-order valence-corrected chi connectivity index (χ0v) is 16.7. The van der Waals surface area contributed by atoms with Gasteiger partial charge in [0.1, 0.15) is 0 Å². The zero-order valence-electron chi connectivity index (χ0n) is 16.7. The van der Waals surface area contributed by atoms with Gasteiger partial charge in [-0.3, -0.25) is 14.5 Å². The lowest BCUT2D eigenvalue weighted by Crippen LogP contribution is -2.39. The Morgan fingerprint density at radius 2 is 1.61 bits per heavy atom. The lowest BCUT2D eigenvalue weighted by Gasteiger charge is -2.23. The summed E-state index contributed by atoms with van der Waals surface area (Å²) >= 11 is 0. The summed E-state index contributed by atoms with van der Waals surface area (Å²) in [5, 5.41) is 2.32. The highest BCUT2D eigenvalue weighted by Gasteiger charge is 2.34. The van der Waals surface area contributed by atoms with E-state index < -0.39 is 29.7 Å². The van der Waals surface area contributed by atoms with Crippen LogP contribution in [0, 0.1) is 0 Å². The Balaban J connectivity index is 1.56. The highest BCUT2D eigenvalue weighted by Crippen LogP contribution is 2.34. The van der Waals surface area contributed by atoms with E-state index in [2.05, 4.69) is 5.32 Å². The van der Waals surface area contributed by atoms with Crippen molar-refractivity contribution >= 4 is 17.5 Å². The van der Waals surface area contributed by atoms with E-state index in [1.165, 1.54) is 23.1 Å². The first-order valence-electron chi connectivity index (χ1n) is 9.92. The summed E-state index contributed by atoms with van der Waals surface area (Å²) in [5.74, 6) is -1.21. The second-order valence-corrected chi connectivity index (χ2v) is 7.32. The van der Waals surface area contributed by atoms with Crippen molar-refractivity contribution in [2.45, 2.75) is 18.8 Å². The minimum Gasteiger partial charge on any atom is -0.339 e. The van der Waals surface area contributed by atoms with Gasteiger partial charge < -0.3 is 10.2 Å². The van der Waals surface area contributed by atoms with E-state index in [-0.39, 0.29) is 24.3 Å². The normalized spacial score (nSPS) is 16.5. The van der Waals surface area contributed by atoms with Crippen LogP contribution in [0.5, 0.6) is 0 Å². The molecule has 2 aromatic carbocycles. The number of nitrogens with one attached hydrogen (secondary N) is 1. The van der Waals surface area contributed by atoms with Gasteiger partial charge in [0.25, 0.3) is 5.91 Å². The highest BCUT2D eigenvalue weighted by molar-refractivity contribution is 5.93. The molecule has 1 aliphatic rings. The fourth-order valence-electron chi connectivity index (χ4n) is 3.51. The van der Waals surface area contributed by atoms with E-state index in [1.807, 2.05) is 0 Å². The lowest BCUT2D eigenvalue weighted by atomic mass is 10.1. The predicted octanol–water partition coefficient (Wildman–Crippen LogP) is 3.89. The van der Waals surface area contributed by atoms with Gasteiger partial charge in [-0.05, 0) is 24.1 Å². The van der Waals surface area contributed by atoms with E-state index in [0.29, 0.717) is 26.1 Å². The van der Waals surface area contributed by atoms with Crippen LogP contribution < -0.4 is 5.32 Å². The maximum absolute atomic E-state index is 14.6. The van der Waals surface area contributed by atoms with Crippen molar-refractivity contribution in [2.24, 2.45) is 0 Å². The molecule has 1 N–H and O–H groups in total. The molecule has 2 amide bonds. The van der Waals surface area contributed by atoms with Gasteiger partial charge in [-0.15, -0.1) is 0 Å². The molecule has 2 aromatic rings. The number of carbonyl (C=O) groups is 2. The number of halogens is 4. The van der Waals surface area contributed by atoms with Gasteiger partial charge in [0, 0.05) is 26.2 Å². The number of para-hydroxylation sites is 1. The molecule has 1 saturated heterocycles. The molecule has 1 fully saturated rings. The number of rotatable bonds is 5. The maximum Gasteiger partial charge on any atom is 0.418 e. The van der Waals surface area contributed by atoms with Gasteiger partial charge in [0.15, 0.2) is 0 Å². The Morgan fingerprint density at radius 3 is 2.32 bits per heavy atom. The molecule has 1 aliphatic heterocycles. The van der Waals surface area contributed by atoms with Crippen molar-refractivity contribution < 1.29 is 27.2 Å². The van der Waals surface area contributed by atoms with E-state index in [9.17, 15) is 27.2 Å². The van der Waals surface area contributed by atoms with Crippen molar-refractivity contribution in [2.75, 3.05) is 38.0 Å². The maximum atomic E-state index is 14.6. The number of alkyl halides is 4. The average Bonchev–Trinajstić information content (AvgIpc) is 2.98. The first-order valence-corrected chi connectivity index (χ1v) is 9.92. The molecule has 3 rings (SSSR count). The van der Waals surface area contributed by atoms with Crippen molar-refractivity contribution in [3.8, 4) is 0 Å². The summed E-state index contributed by atoms with van der Waals surface area (Å²) in [5.41, 5.74) is -0.919. The summed E-state index contributed by atoms with van der Waals surface area (Å²) < 4.78 is 53.8. The van der Waals surface area contributed by atoms with Crippen LogP contribution in [-0.2, 0) is 15.8 Å². The minimum absolute atomic E-state index is 0.119. The molecule has 1 unspecified atom stereocenters. The lowest BCUT2D eigenvalue weighted by molar-refractivity contribution is -0.137. The molecule has 31 heavy (non-hydrogen) atoms. The van der Waals surface area contributed by atoms with Crippen LogP contribution >= 0.6 is 0 Å². The molecule has 166 valence electrons. The molecule has 0 radical (unpaired) electrons. The Kier molecular flexibility index (Phi) is 7.27. The number of carbonyl (C=O) groups excluding carboxylic acids is 2. The molecule has 0 aromatic heterocycles. The number of anilines is 1. The summed E-state index contributed by atoms with van der Waals surface area (Å²) in [6.07, 6.45) is -5.80. The second-order valence-electron chi connectivity index (χ2n) is 7.32. The Hall–Kier alpha value is -2.94. The molecule has 5 nitrogen and oxygen atoms in total. The molecular weight excluding hydrogens is 414 g/mol. The summed E-state index contributed by atoms with van der Waals surface area (Å²) in [6, 6.07) is 12.9. The second kappa shape index (κ2) is 9.91. The zero-order chi connectivity index (χ0) is 22.4. The van der Waals surface area contributed by atoms with Crippen LogP contribution in [0.2, 0.25) is 0 Å². The van der Waals surface area contributed by atoms with Crippen LogP contribution in [0.1, 0.15) is 23.7 Å². The summed E-state index contributed by atoms with van der Waals surface area (Å²) in [7, 11) is 0. The smallest absolute Gasteiger partial charge is 0.339 e. The Labute approximate surface area is 177 Å². The van der Waals surface area contributed by atoms with Crippen LogP contribution in [0.25, 0.3) is 0 Å². The molecule has 1 atom stereocenters. The first-order chi connectivity index (χ1) is 14.8. The molecule has 0 spiro atoms. The number of hydrogen-bond donors (Lipinski definition) is 1. The van der Waals surface area contributed by atoms with E-state index in [1.54, 1.807) is 35.2 Å². The quantitative estimate of drug-likeness (QED) is 0.723. The number of amides is 2. The van der Waals surface area contributed by atoms with Gasteiger partial charge in [0.05, 0.1) is 17.8 Å². The largest absolute Gasteiger partial charge is 0.418 e. The summed E-state index contributed by atoms with van der Waals surface area (Å²) in [6.45, 7) is 1.26. The van der Waals surface area contributed by atoms with E-state index in [0.717, 1.165) is 6.07 Å². The van der Waals surface area contributed by atoms with E-state index >= 15 is 0 Å². The van der Waals surface area contributed by atoms with Gasteiger partial charge in [0.2, 0.25) is 12.1 Å². The summed E-state index contributed by atoms with van der Waals surface area (Å²) in [4.78, 5) is 28.0. The Bertz CT molecular complexity index is 905. The third-order valence-electron chi connectivity index (χ3n) is 5.08. The molecular formula is C22H23F4N3O2. The fourth-order valence-corrected chi connectivity index (χ4v) is 3.51. The molecule has 0 bridgehead atoms. The third-order valence-corrected chi connectivity index (χ3v) is 5.08.